The first-order valence-electron chi connectivity index (χ1n) is 9.48. The van der Waals surface area contributed by atoms with Crippen molar-refractivity contribution in [3.63, 3.8) is 0 Å². The van der Waals surface area contributed by atoms with Crippen LogP contribution in [0.5, 0.6) is 0 Å². The van der Waals surface area contributed by atoms with Crippen molar-refractivity contribution in [1.82, 2.24) is 24.8 Å². The Labute approximate surface area is 158 Å². The Morgan fingerprint density at radius 3 is 2.52 bits per heavy atom. The van der Waals surface area contributed by atoms with E-state index in [2.05, 4.69) is 22.4 Å². The minimum absolute atomic E-state index is 0.0873. The molecule has 3 heterocycles. The van der Waals surface area contributed by atoms with Gasteiger partial charge >= 0.3 is 0 Å². The van der Waals surface area contributed by atoms with E-state index < -0.39 is 0 Å². The zero-order chi connectivity index (χ0) is 19.1. The number of carbonyl (C=O) groups is 2. The quantitative estimate of drug-likeness (QED) is 0.829. The SMILES string of the molecule is Cc1cc(C)c(C(=O)N2CC(n3cc(CN4CCCC4=O)nn3)C2)c(C)c1. The van der Waals surface area contributed by atoms with Gasteiger partial charge in [-0.3, -0.25) is 9.59 Å². The molecule has 0 radical (unpaired) electrons. The average molecular weight is 367 g/mol. The normalized spacial score (nSPS) is 17.5. The van der Waals surface area contributed by atoms with Crippen LogP contribution in [0.2, 0.25) is 0 Å². The molecule has 142 valence electrons. The number of hydrogen-bond acceptors (Lipinski definition) is 4. The fourth-order valence-corrected chi connectivity index (χ4v) is 4.09. The summed E-state index contributed by atoms with van der Waals surface area (Å²) in [6.07, 6.45) is 3.46. The molecule has 0 aliphatic carbocycles. The lowest BCUT2D eigenvalue weighted by Crippen LogP contribution is -2.51. The van der Waals surface area contributed by atoms with Crippen LogP contribution in [0.25, 0.3) is 0 Å². The van der Waals surface area contributed by atoms with Gasteiger partial charge in [0.15, 0.2) is 0 Å². The van der Waals surface area contributed by atoms with Gasteiger partial charge in [-0.25, -0.2) is 4.68 Å². The number of benzene rings is 1. The number of nitrogens with zero attached hydrogens (tertiary/aromatic N) is 5. The van der Waals surface area contributed by atoms with Crippen molar-refractivity contribution in [2.24, 2.45) is 0 Å². The minimum Gasteiger partial charge on any atom is -0.337 e. The van der Waals surface area contributed by atoms with Gasteiger partial charge in [-0.2, -0.15) is 0 Å². The molecule has 2 saturated heterocycles. The lowest BCUT2D eigenvalue weighted by Gasteiger charge is -2.39. The molecule has 0 saturated carbocycles. The average Bonchev–Trinajstić information content (AvgIpc) is 3.15. The van der Waals surface area contributed by atoms with Gasteiger partial charge in [0.1, 0.15) is 5.69 Å². The molecule has 7 heteroatoms. The Bertz CT molecular complexity index is 875. The first-order valence-corrected chi connectivity index (χ1v) is 9.48. The first kappa shape index (κ1) is 17.7. The number of likely N-dealkylation sites (tertiary alicyclic amines) is 2. The Morgan fingerprint density at radius 2 is 1.89 bits per heavy atom. The molecule has 4 rings (SSSR count). The van der Waals surface area contributed by atoms with Gasteiger partial charge in [-0.15, -0.1) is 5.10 Å². The minimum atomic E-state index is 0.0873. The van der Waals surface area contributed by atoms with Crippen molar-refractivity contribution >= 4 is 11.8 Å². The molecule has 0 atom stereocenters. The molecule has 2 aliphatic rings. The number of aryl methyl sites for hydroxylation is 3. The van der Waals surface area contributed by atoms with Gasteiger partial charge in [0.05, 0.1) is 18.8 Å². The maximum atomic E-state index is 12.9. The molecule has 0 N–H and O–H groups in total. The molecule has 2 fully saturated rings. The van der Waals surface area contributed by atoms with E-state index in [0.717, 1.165) is 35.3 Å². The highest BCUT2D eigenvalue weighted by molar-refractivity contribution is 5.97. The van der Waals surface area contributed by atoms with Crippen LogP contribution in [-0.4, -0.2) is 56.2 Å². The van der Waals surface area contributed by atoms with Crippen molar-refractivity contribution in [2.45, 2.75) is 46.2 Å². The fraction of sp³-hybridized carbons (Fsp3) is 0.500. The Morgan fingerprint density at radius 1 is 1.19 bits per heavy atom. The lowest BCUT2D eigenvalue weighted by atomic mass is 9.97. The van der Waals surface area contributed by atoms with Crippen LogP contribution in [0.15, 0.2) is 18.3 Å². The topological polar surface area (TPSA) is 71.3 Å². The molecule has 0 unspecified atom stereocenters. The van der Waals surface area contributed by atoms with E-state index >= 15 is 0 Å². The molecule has 1 aromatic carbocycles. The summed E-state index contributed by atoms with van der Waals surface area (Å²) in [5.74, 6) is 0.276. The molecular weight excluding hydrogens is 342 g/mol. The van der Waals surface area contributed by atoms with Crippen LogP contribution < -0.4 is 0 Å². The zero-order valence-corrected chi connectivity index (χ0v) is 16.1. The number of hydrogen-bond donors (Lipinski definition) is 0. The largest absolute Gasteiger partial charge is 0.337 e. The number of aromatic nitrogens is 3. The van der Waals surface area contributed by atoms with Gasteiger partial charge in [-0.05, 0) is 38.3 Å². The third-order valence-electron chi connectivity index (χ3n) is 5.50. The summed E-state index contributed by atoms with van der Waals surface area (Å²) in [5, 5.41) is 8.41. The third-order valence-corrected chi connectivity index (χ3v) is 5.50. The summed E-state index contributed by atoms with van der Waals surface area (Å²) < 4.78 is 1.83. The summed E-state index contributed by atoms with van der Waals surface area (Å²) in [6.45, 7) is 8.63. The smallest absolute Gasteiger partial charge is 0.254 e. The highest BCUT2D eigenvalue weighted by Crippen LogP contribution is 2.26. The molecule has 2 aliphatic heterocycles. The Balaban J connectivity index is 1.38. The van der Waals surface area contributed by atoms with E-state index in [9.17, 15) is 9.59 Å². The molecule has 1 aromatic heterocycles. The highest BCUT2D eigenvalue weighted by Gasteiger charge is 2.34. The second-order valence-electron chi connectivity index (χ2n) is 7.75. The van der Waals surface area contributed by atoms with Crippen molar-refractivity contribution < 1.29 is 9.59 Å². The number of carbonyl (C=O) groups excluding carboxylic acids is 2. The van der Waals surface area contributed by atoms with Crippen LogP contribution in [0.1, 0.15) is 51.6 Å². The first-order chi connectivity index (χ1) is 12.9. The van der Waals surface area contributed by atoms with Gasteiger partial charge in [0, 0.05) is 31.6 Å². The third kappa shape index (κ3) is 3.34. The van der Waals surface area contributed by atoms with Gasteiger partial charge < -0.3 is 9.80 Å². The zero-order valence-electron chi connectivity index (χ0n) is 16.1. The predicted molar refractivity (Wildman–Crippen MR) is 100 cm³/mol. The molecule has 2 aromatic rings. The van der Waals surface area contributed by atoms with E-state index in [-0.39, 0.29) is 17.9 Å². The standard InChI is InChI=1S/C20H25N5O2/c1-13-7-14(2)19(15(3)8-13)20(27)24-11-17(12-24)25-10-16(21-22-25)9-23-6-4-5-18(23)26/h7-8,10,17H,4-6,9,11-12H2,1-3H3. The summed E-state index contributed by atoms with van der Waals surface area (Å²) in [4.78, 5) is 28.3. The van der Waals surface area contributed by atoms with Crippen molar-refractivity contribution in [2.75, 3.05) is 19.6 Å². The van der Waals surface area contributed by atoms with E-state index in [4.69, 9.17) is 0 Å². The van der Waals surface area contributed by atoms with Gasteiger partial charge in [0.25, 0.3) is 5.91 Å². The monoisotopic (exact) mass is 367 g/mol. The second kappa shape index (κ2) is 6.79. The summed E-state index contributed by atoms with van der Waals surface area (Å²) >= 11 is 0. The maximum absolute atomic E-state index is 12.9. The molecule has 0 spiro atoms. The number of amides is 2. The lowest BCUT2D eigenvalue weighted by molar-refractivity contribution is -0.128. The summed E-state index contributed by atoms with van der Waals surface area (Å²) in [5.41, 5.74) is 4.85. The number of rotatable bonds is 4. The molecule has 27 heavy (non-hydrogen) atoms. The van der Waals surface area contributed by atoms with Crippen molar-refractivity contribution in [3.05, 3.63) is 46.3 Å². The van der Waals surface area contributed by atoms with Crippen LogP contribution in [0, 0.1) is 20.8 Å². The van der Waals surface area contributed by atoms with Crippen molar-refractivity contribution in [3.8, 4) is 0 Å². The maximum Gasteiger partial charge on any atom is 0.254 e. The molecule has 0 bridgehead atoms. The summed E-state index contributed by atoms with van der Waals surface area (Å²) in [6, 6.07) is 4.26. The van der Waals surface area contributed by atoms with Gasteiger partial charge in [-0.1, -0.05) is 22.9 Å². The predicted octanol–water partition coefficient (Wildman–Crippen LogP) is 2.02. The van der Waals surface area contributed by atoms with Gasteiger partial charge in [0.2, 0.25) is 5.91 Å². The molecular formula is C20H25N5O2. The summed E-state index contributed by atoms with van der Waals surface area (Å²) in [7, 11) is 0. The highest BCUT2D eigenvalue weighted by atomic mass is 16.2. The van der Waals surface area contributed by atoms with Crippen LogP contribution >= 0.6 is 0 Å². The Hall–Kier alpha value is -2.70. The van der Waals surface area contributed by atoms with E-state index in [0.29, 0.717) is 26.1 Å². The Kier molecular flexibility index (Phi) is 4.45. The second-order valence-corrected chi connectivity index (χ2v) is 7.75. The van der Waals surface area contributed by atoms with E-state index in [1.807, 2.05) is 41.4 Å². The fourth-order valence-electron chi connectivity index (χ4n) is 4.09. The van der Waals surface area contributed by atoms with Crippen molar-refractivity contribution in [1.29, 1.82) is 0 Å². The van der Waals surface area contributed by atoms with Crippen LogP contribution in [-0.2, 0) is 11.3 Å². The molecule has 7 nitrogen and oxygen atoms in total. The molecule has 2 amide bonds. The van der Waals surface area contributed by atoms with E-state index in [1.54, 1.807) is 0 Å². The van der Waals surface area contributed by atoms with Crippen LogP contribution in [0.3, 0.4) is 0 Å². The van der Waals surface area contributed by atoms with Crippen LogP contribution in [0.4, 0.5) is 0 Å². The van der Waals surface area contributed by atoms with E-state index in [1.165, 1.54) is 5.56 Å².